The van der Waals surface area contributed by atoms with Gasteiger partial charge >= 0.3 is 0 Å². The molecule has 3 aromatic carbocycles. The highest BCUT2D eigenvalue weighted by atomic mass is 16.5. The number of amides is 1. The first kappa shape index (κ1) is 18.5. The van der Waals surface area contributed by atoms with Gasteiger partial charge in [0, 0.05) is 16.8 Å². The van der Waals surface area contributed by atoms with Crippen LogP contribution >= 0.6 is 0 Å². The highest BCUT2D eigenvalue weighted by Gasteiger charge is 2.22. The molecule has 0 fully saturated rings. The molecular formula is C24H19NO4. The molecule has 0 spiro atoms. The molecule has 0 bridgehead atoms. The highest BCUT2D eigenvalue weighted by molar-refractivity contribution is 6.14. The molecular weight excluding hydrogens is 366 g/mol. The van der Waals surface area contributed by atoms with E-state index in [1.807, 2.05) is 30.3 Å². The summed E-state index contributed by atoms with van der Waals surface area (Å²) in [4.78, 5) is 25.2. The Bertz CT molecular complexity index is 1100. The van der Waals surface area contributed by atoms with E-state index >= 15 is 0 Å². The van der Waals surface area contributed by atoms with Gasteiger partial charge in [0.05, 0.1) is 12.7 Å². The first-order valence-electron chi connectivity index (χ1n) is 9.16. The number of hydrogen-bond donors (Lipinski definition) is 1. The molecule has 0 saturated carbocycles. The summed E-state index contributed by atoms with van der Waals surface area (Å²) in [6.07, 6.45) is 1.79. The lowest BCUT2D eigenvalue weighted by Crippen LogP contribution is -2.18. The SMILES string of the molecule is COc1ccc(C(=O)Nc2cccc(C=C3COc4ccccc4C3=O)c2)cc1. The van der Waals surface area contributed by atoms with E-state index in [4.69, 9.17) is 9.47 Å². The summed E-state index contributed by atoms with van der Waals surface area (Å²) in [5.74, 6) is 1.04. The standard InChI is InChI=1S/C24H19NO4/c1-28-20-11-9-17(10-12-20)24(27)25-19-6-4-5-16(14-19)13-18-15-29-22-8-3-2-7-21(22)23(18)26/h2-14H,15H2,1H3,(H,25,27). The quantitative estimate of drug-likeness (QED) is 0.667. The zero-order valence-electron chi connectivity index (χ0n) is 15.8. The largest absolute Gasteiger partial charge is 0.497 e. The summed E-state index contributed by atoms with van der Waals surface area (Å²) in [6.45, 7) is 0.221. The van der Waals surface area contributed by atoms with Gasteiger partial charge < -0.3 is 14.8 Å². The van der Waals surface area contributed by atoms with Crippen molar-refractivity contribution < 1.29 is 19.1 Å². The Hall–Kier alpha value is -3.86. The molecule has 0 unspecified atom stereocenters. The summed E-state index contributed by atoms with van der Waals surface area (Å²) in [7, 11) is 1.58. The van der Waals surface area contributed by atoms with E-state index in [9.17, 15) is 9.59 Å². The Balaban J connectivity index is 1.52. The van der Waals surface area contributed by atoms with Crippen LogP contribution in [0.5, 0.6) is 11.5 Å². The second-order valence-electron chi connectivity index (χ2n) is 6.59. The van der Waals surface area contributed by atoms with E-state index in [1.165, 1.54) is 0 Å². The normalized spacial score (nSPS) is 14.1. The van der Waals surface area contributed by atoms with E-state index < -0.39 is 0 Å². The van der Waals surface area contributed by atoms with Crippen molar-refractivity contribution in [3.63, 3.8) is 0 Å². The predicted octanol–water partition coefficient (Wildman–Crippen LogP) is 4.61. The molecule has 1 N–H and O–H groups in total. The van der Waals surface area contributed by atoms with Crippen LogP contribution in [-0.2, 0) is 0 Å². The van der Waals surface area contributed by atoms with Gasteiger partial charge in [0.2, 0.25) is 0 Å². The van der Waals surface area contributed by atoms with Gasteiger partial charge in [-0.15, -0.1) is 0 Å². The third-order valence-electron chi connectivity index (χ3n) is 4.64. The average molecular weight is 385 g/mol. The third kappa shape index (κ3) is 4.04. The first-order chi connectivity index (χ1) is 14.1. The molecule has 144 valence electrons. The maximum atomic E-state index is 12.7. The molecule has 1 heterocycles. The Morgan fingerprint density at radius 2 is 1.83 bits per heavy atom. The minimum absolute atomic E-state index is 0.0421. The van der Waals surface area contributed by atoms with Crippen LogP contribution in [0.25, 0.3) is 6.08 Å². The van der Waals surface area contributed by atoms with Gasteiger partial charge in [0.1, 0.15) is 18.1 Å². The average Bonchev–Trinajstić information content (AvgIpc) is 2.76. The van der Waals surface area contributed by atoms with E-state index in [0.29, 0.717) is 33.9 Å². The van der Waals surface area contributed by atoms with Gasteiger partial charge in [0.15, 0.2) is 5.78 Å². The molecule has 0 radical (unpaired) electrons. The summed E-state index contributed by atoms with van der Waals surface area (Å²) in [6, 6.07) is 21.4. The van der Waals surface area contributed by atoms with Crippen LogP contribution in [0.15, 0.2) is 78.4 Å². The number of methoxy groups -OCH3 is 1. The molecule has 4 rings (SSSR count). The number of ether oxygens (including phenoxy) is 2. The van der Waals surface area contributed by atoms with Crippen molar-refractivity contribution in [1.82, 2.24) is 0 Å². The molecule has 1 aliphatic rings. The van der Waals surface area contributed by atoms with Gasteiger partial charge in [-0.25, -0.2) is 0 Å². The van der Waals surface area contributed by atoms with Crippen molar-refractivity contribution in [1.29, 1.82) is 0 Å². The van der Waals surface area contributed by atoms with Crippen molar-refractivity contribution in [3.8, 4) is 11.5 Å². The lowest BCUT2D eigenvalue weighted by molar-refractivity contribution is 0.0998. The Morgan fingerprint density at radius 1 is 1.03 bits per heavy atom. The fraction of sp³-hybridized carbons (Fsp3) is 0.0833. The smallest absolute Gasteiger partial charge is 0.255 e. The van der Waals surface area contributed by atoms with Crippen molar-refractivity contribution in [2.45, 2.75) is 0 Å². The Labute approximate surface area is 168 Å². The molecule has 0 saturated heterocycles. The zero-order valence-corrected chi connectivity index (χ0v) is 15.8. The van der Waals surface area contributed by atoms with Crippen LogP contribution in [0.1, 0.15) is 26.3 Å². The second-order valence-corrected chi connectivity index (χ2v) is 6.59. The van der Waals surface area contributed by atoms with Crippen LogP contribution < -0.4 is 14.8 Å². The van der Waals surface area contributed by atoms with Crippen molar-refractivity contribution in [3.05, 3.63) is 95.1 Å². The molecule has 3 aromatic rings. The molecule has 0 aromatic heterocycles. The Kier molecular flexibility index (Phi) is 5.12. The Morgan fingerprint density at radius 3 is 2.62 bits per heavy atom. The topological polar surface area (TPSA) is 64.6 Å². The van der Waals surface area contributed by atoms with Gasteiger partial charge in [0.25, 0.3) is 5.91 Å². The molecule has 5 nitrogen and oxygen atoms in total. The number of hydrogen-bond acceptors (Lipinski definition) is 4. The van der Waals surface area contributed by atoms with E-state index in [1.54, 1.807) is 55.7 Å². The number of fused-ring (bicyclic) bond motifs is 1. The van der Waals surface area contributed by atoms with Crippen LogP contribution in [0.4, 0.5) is 5.69 Å². The van der Waals surface area contributed by atoms with Crippen LogP contribution in [0, 0.1) is 0 Å². The number of benzene rings is 3. The monoisotopic (exact) mass is 385 g/mol. The lowest BCUT2D eigenvalue weighted by atomic mass is 9.98. The van der Waals surface area contributed by atoms with Gasteiger partial charge in [-0.05, 0) is 60.2 Å². The fourth-order valence-corrected chi connectivity index (χ4v) is 3.13. The molecule has 1 aliphatic heterocycles. The molecule has 1 amide bonds. The minimum atomic E-state index is -0.219. The number of anilines is 1. The number of nitrogens with one attached hydrogen (secondary N) is 1. The van der Waals surface area contributed by atoms with Crippen LogP contribution in [0.3, 0.4) is 0 Å². The number of carbonyl (C=O) groups is 2. The molecule has 29 heavy (non-hydrogen) atoms. The number of para-hydroxylation sites is 1. The fourth-order valence-electron chi connectivity index (χ4n) is 3.13. The summed E-state index contributed by atoms with van der Waals surface area (Å²) in [5.41, 5.74) is 3.12. The van der Waals surface area contributed by atoms with E-state index in [0.717, 1.165) is 5.56 Å². The minimum Gasteiger partial charge on any atom is -0.497 e. The first-order valence-corrected chi connectivity index (χ1v) is 9.16. The summed E-state index contributed by atoms with van der Waals surface area (Å²) >= 11 is 0. The number of ketones is 1. The maximum Gasteiger partial charge on any atom is 0.255 e. The number of carbonyl (C=O) groups excluding carboxylic acids is 2. The van der Waals surface area contributed by atoms with E-state index in [2.05, 4.69) is 5.32 Å². The van der Waals surface area contributed by atoms with Crippen molar-refractivity contribution >= 4 is 23.5 Å². The van der Waals surface area contributed by atoms with E-state index in [-0.39, 0.29) is 18.3 Å². The van der Waals surface area contributed by atoms with Gasteiger partial charge in [-0.3, -0.25) is 9.59 Å². The molecule has 0 aliphatic carbocycles. The number of Topliss-reactive ketones (excluding diaryl/α,β-unsaturated/α-hetero) is 1. The van der Waals surface area contributed by atoms with Crippen molar-refractivity contribution in [2.24, 2.45) is 0 Å². The zero-order chi connectivity index (χ0) is 20.2. The maximum absolute atomic E-state index is 12.7. The van der Waals surface area contributed by atoms with Gasteiger partial charge in [-0.1, -0.05) is 24.3 Å². The second kappa shape index (κ2) is 8.02. The van der Waals surface area contributed by atoms with Crippen LogP contribution in [-0.4, -0.2) is 25.4 Å². The highest BCUT2D eigenvalue weighted by Crippen LogP contribution is 2.28. The molecule has 0 atom stereocenters. The third-order valence-corrected chi connectivity index (χ3v) is 4.64. The molecule has 5 heteroatoms. The van der Waals surface area contributed by atoms with Gasteiger partial charge in [-0.2, -0.15) is 0 Å². The van der Waals surface area contributed by atoms with Crippen LogP contribution in [0.2, 0.25) is 0 Å². The predicted molar refractivity (Wildman–Crippen MR) is 112 cm³/mol. The summed E-state index contributed by atoms with van der Waals surface area (Å²) < 4.78 is 10.8. The van der Waals surface area contributed by atoms with Crippen molar-refractivity contribution in [2.75, 3.05) is 19.0 Å². The summed E-state index contributed by atoms with van der Waals surface area (Å²) in [5, 5.41) is 2.87. The lowest BCUT2D eigenvalue weighted by Gasteiger charge is -2.18. The number of rotatable bonds is 4.